The summed E-state index contributed by atoms with van der Waals surface area (Å²) in [7, 11) is 1.62. The van der Waals surface area contributed by atoms with Gasteiger partial charge in [-0.25, -0.2) is 0 Å². The Kier molecular flexibility index (Phi) is 4.04. The van der Waals surface area contributed by atoms with E-state index in [9.17, 15) is 15.0 Å². The number of amides is 1. The molecular weight excluding hydrogens is 296 g/mol. The fraction of sp³-hybridized carbons (Fsp3) is 0.471. The quantitative estimate of drug-likeness (QED) is 0.799. The Morgan fingerprint density at radius 1 is 1.39 bits per heavy atom. The molecule has 2 heterocycles. The second kappa shape index (κ2) is 5.86. The lowest BCUT2D eigenvalue weighted by atomic mass is 9.92. The van der Waals surface area contributed by atoms with E-state index in [4.69, 9.17) is 4.74 Å². The summed E-state index contributed by atoms with van der Waals surface area (Å²) >= 11 is 0. The molecule has 0 bridgehead atoms. The fourth-order valence-electron chi connectivity index (χ4n) is 3.09. The van der Waals surface area contributed by atoms with Crippen molar-refractivity contribution in [2.24, 2.45) is 0 Å². The Hall–Kier alpha value is -2.05. The van der Waals surface area contributed by atoms with Gasteiger partial charge in [-0.2, -0.15) is 0 Å². The van der Waals surface area contributed by atoms with Gasteiger partial charge in [-0.05, 0) is 43.5 Å². The van der Waals surface area contributed by atoms with Crippen molar-refractivity contribution in [1.29, 1.82) is 0 Å². The first kappa shape index (κ1) is 15.8. The number of carbonyl (C=O) groups excluding carboxylic acids is 1. The Morgan fingerprint density at radius 3 is 2.70 bits per heavy atom. The first-order valence-corrected chi connectivity index (χ1v) is 7.76. The van der Waals surface area contributed by atoms with Gasteiger partial charge >= 0.3 is 0 Å². The van der Waals surface area contributed by atoms with Crippen molar-refractivity contribution in [2.75, 3.05) is 26.8 Å². The number of hydrogen-bond acceptors (Lipinski definition) is 4. The number of piperidine rings is 1. The molecule has 124 valence electrons. The number of aryl methyl sites for hydroxylation is 1. The summed E-state index contributed by atoms with van der Waals surface area (Å²) in [4.78, 5) is 17.7. The molecule has 6 heteroatoms. The molecule has 0 radical (unpaired) electrons. The van der Waals surface area contributed by atoms with E-state index >= 15 is 0 Å². The summed E-state index contributed by atoms with van der Waals surface area (Å²) < 4.78 is 5.24. The largest absolute Gasteiger partial charge is 0.497 e. The first-order valence-electron chi connectivity index (χ1n) is 7.76. The Morgan fingerprint density at radius 2 is 2.09 bits per heavy atom. The van der Waals surface area contributed by atoms with Crippen LogP contribution in [0.3, 0.4) is 0 Å². The van der Waals surface area contributed by atoms with Crippen LogP contribution in [0, 0.1) is 6.92 Å². The van der Waals surface area contributed by atoms with E-state index in [2.05, 4.69) is 4.98 Å². The maximum atomic E-state index is 12.8. The first-order chi connectivity index (χ1) is 11.0. The standard InChI is InChI=1S/C17H22N2O4/c1-11-13-9-12(23-2)3-4-14(13)18-15(11)16(21)19-7-5-17(22,10-20)6-8-19/h3-4,9,18,20,22H,5-8,10H2,1-2H3. The van der Waals surface area contributed by atoms with E-state index in [0.29, 0.717) is 31.6 Å². The second-order valence-corrected chi connectivity index (χ2v) is 6.21. The van der Waals surface area contributed by atoms with Crippen molar-refractivity contribution in [3.05, 3.63) is 29.5 Å². The van der Waals surface area contributed by atoms with Gasteiger partial charge in [0.1, 0.15) is 11.4 Å². The van der Waals surface area contributed by atoms with E-state index in [1.807, 2.05) is 25.1 Å². The number of H-pyrrole nitrogens is 1. The minimum absolute atomic E-state index is 0.0716. The van der Waals surface area contributed by atoms with Crippen molar-refractivity contribution in [2.45, 2.75) is 25.4 Å². The van der Waals surface area contributed by atoms with Gasteiger partial charge in [-0.1, -0.05) is 0 Å². The zero-order valence-electron chi connectivity index (χ0n) is 13.4. The Labute approximate surface area is 134 Å². The summed E-state index contributed by atoms with van der Waals surface area (Å²) in [6, 6.07) is 5.67. The van der Waals surface area contributed by atoms with Crippen molar-refractivity contribution >= 4 is 16.8 Å². The fourth-order valence-corrected chi connectivity index (χ4v) is 3.09. The lowest BCUT2D eigenvalue weighted by molar-refractivity contribution is -0.0546. The SMILES string of the molecule is COc1ccc2[nH]c(C(=O)N3CCC(O)(CO)CC3)c(C)c2c1. The van der Waals surface area contributed by atoms with Crippen molar-refractivity contribution in [3.63, 3.8) is 0 Å². The summed E-state index contributed by atoms with van der Waals surface area (Å²) in [5.74, 6) is 0.683. The lowest BCUT2D eigenvalue weighted by Crippen LogP contribution is -2.48. The number of rotatable bonds is 3. The van der Waals surface area contributed by atoms with E-state index in [0.717, 1.165) is 22.2 Å². The summed E-state index contributed by atoms with van der Waals surface area (Å²) in [5.41, 5.74) is 1.31. The van der Waals surface area contributed by atoms with Gasteiger partial charge in [-0.15, -0.1) is 0 Å². The number of aliphatic hydroxyl groups excluding tert-OH is 1. The Balaban J connectivity index is 1.86. The van der Waals surface area contributed by atoms with Gasteiger partial charge < -0.3 is 24.8 Å². The molecule has 0 atom stereocenters. The molecular formula is C17H22N2O4. The molecule has 1 aliphatic rings. The van der Waals surface area contributed by atoms with Crippen LogP contribution < -0.4 is 4.74 Å². The number of nitrogens with zero attached hydrogens (tertiary/aromatic N) is 1. The molecule has 1 fully saturated rings. The van der Waals surface area contributed by atoms with Crippen LogP contribution in [0.2, 0.25) is 0 Å². The molecule has 0 unspecified atom stereocenters. The number of benzene rings is 1. The number of likely N-dealkylation sites (tertiary alicyclic amines) is 1. The van der Waals surface area contributed by atoms with Gasteiger partial charge in [0.25, 0.3) is 5.91 Å². The molecule has 0 aliphatic carbocycles. The zero-order chi connectivity index (χ0) is 16.6. The molecule has 23 heavy (non-hydrogen) atoms. The summed E-state index contributed by atoms with van der Waals surface area (Å²) in [5, 5.41) is 20.2. The average molecular weight is 318 g/mol. The number of ether oxygens (including phenoxy) is 1. The second-order valence-electron chi connectivity index (χ2n) is 6.21. The minimum atomic E-state index is -1.06. The smallest absolute Gasteiger partial charge is 0.270 e. The van der Waals surface area contributed by atoms with E-state index in [1.165, 1.54) is 0 Å². The number of nitrogens with one attached hydrogen (secondary N) is 1. The Bertz CT molecular complexity index is 730. The highest BCUT2D eigenvalue weighted by atomic mass is 16.5. The predicted molar refractivity (Wildman–Crippen MR) is 86.8 cm³/mol. The number of aromatic amines is 1. The third-order valence-corrected chi connectivity index (χ3v) is 4.75. The predicted octanol–water partition coefficient (Wildman–Crippen LogP) is 1.44. The minimum Gasteiger partial charge on any atom is -0.497 e. The van der Waals surface area contributed by atoms with Crippen LogP contribution in [0.4, 0.5) is 0 Å². The van der Waals surface area contributed by atoms with Gasteiger partial charge in [0.2, 0.25) is 0 Å². The highest BCUT2D eigenvalue weighted by Gasteiger charge is 2.34. The topological polar surface area (TPSA) is 85.8 Å². The van der Waals surface area contributed by atoms with Gasteiger partial charge in [-0.3, -0.25) is 4.79 Å². The maximum absolute atomic E-state index is 12.8. The van der Waals surface area contributed by atoms with Crippen molar-refractivity contribution in [3.8, 4) is 5.75 Å². The molecule has 1 saturated heterocycles. The number of aliphatic hydroxyl groups is 2. The molecule has 2 aromatic rings. The van der Waals surface area contributed by atoms with E-state index < -0.39 is 5.60 Å². The molecule has 1 aromatic carbocycles. The molecule has 3 rings (SSSR count). The number of aromatic nitrogens is 1. The van der Waals surface area contributed by atoms with Crippen molar-refractivity contribution in [1.82, 2.24) is 9.88 Å². The third kappa shape index (κ3) is 2.80. The molecule has 0 saturated carbocycles. The number of methoxy groups -OCH3 is 1. The van der Waals surface area contributed by atoms with E-state index in [1.54, 1.807) is 12.0 Å². The number of fused-ring (bicyclic) bond motifs is 1. The van der Waals surface area contributed by atoms with Crippen LogP contribution in [-0.2, 0) is 0 Å². The normalized spacial score (nSPS) is 17.5. The summed E-state index contributed by atoms with van der Waals surface area (Å²) in [6.45, 7) is 2.53. The third-order valence-electron chi connectivity index (χ3n) is 4.75. The molecule has 3 N–H and O–H groups in total. The average Bonchev–Trinajstić information content (AvgIpc) is 2.91. The van der Waals surface area contributed by atoms with Crippen LogP contribution in [0.25, 0.3) is 10.9 Å². The molecule has 1 aromatic heterocycles. The van der Waals surface area contributed by atoms with Gasteiger partial charge in [0, 0.05) is 24.0 Å². The van der Waals surface area contributed by atoms with Crippen LogP contribution >= 0.6 is 0 Å². The number of hydrogen-bond donors (Lipinski definition) is 3. The van der Waals surface area contributed by atoms with Crippen LogP contribution in [0.15, 0.2) is 18.2 Å². The molecule has 1 aliphatic heterocycles. The van der Waals surface area contributed by atoms with Gasteiger partial charge in [0.15, 0.2) is 0 Å². The van der Waals surface area contributed by atoms with Gasteiger partial charge in [0.05, 0.1) is 19.3 Å². The number of carbonyl (C=O) groups is 1. The van der Waals surface area contributed by atoms with Crippen molar-refractivity contribution < 1.29 is 19.7 Å². The highest BCUT2D eigenvalue weighted by Crippen LogP contribution is 2.28. The molecule has 0 spiro atoms. The summed E-state index contributed by atoms with van der Waals surface area (Å²) in [6.07, 6.45) is 0.782. The van der Waals surface area contributed by atoms with Crippen LogP contribution in [0.5, 0.6) is 5.75 Å². The maximum Gasteiger partial charge on any atom is 0.270 e. The molecule has 1 amide bonds. The monoisotopic (exact) mass is 318 g/mol. The highest BCUT2D eigenvalue weighted by molar-refractivity contribution is 6.01. The zero-order valence-corrected chi connectivity index (χ0v) is 13.4. The van der Waals surface area contributed by atoms with Crippen LogP contribution in [0.1, 0.15) is 28.9 Å². The lowest BCUT2D eigenvalue weighted by Gasteiger charge is -2.36. The molecule has 6 nitrogen and oxygen atoms in total. The van der Waals surface area contributed by atoms with Crippen LogP contribution in [-0.4, -0.2) is 58.4 Å². The van der Waals surface area contributed by atoms with E-state index in [-0.39, 0.29) is 12.5 Å².